The van der Waals surface area contributed by atoms with Gasteiger partial charge < -0.3 is 5.32 Å². The van der Waals surface area contributed by atoms with Gasteiger partial charge in [-0.05, 0) is 110 Å². The van der Waals surface area contributed by atoms with Crippen LogP contribution in [0.2, 0.25) is 0 Å². The number of halogens is 3. The van der Waals surface area contributed by atoms with Crippen LogP contribution in [0, 0.1) is 40.6 Å². The van der Waals surface area contributed by atoms with Crippen molar-refractivity contribution in [1.82, 2.24) is 9.97 Å². The molecular formula is C29H28F3N3O. The number of amides is 1. The lowest BCUT2D eigenvalue weighted by Crippen LogP contribution is -2.47. The maximum atomic E-state index is 13.6. The molecule has 4 aliphatic carbocycles. The molecule has 3 aromatic rings. The summed E-state index contributed by atoms with van der Waals surface area (Å²) in [6.07, 6.45) is 9.77. The molecule has 4 aliphatic rings. The average Bonchev–Trinajstić information content (AvgIpc) is 2.82. The van der Waals surface area contributed by atoms with Gasteiger partial charge >= 0.3 is 0 Å². The number of benzene rings is 2. The molecule has 0 spiro atoms. The Morgan fingerprint density at radius 1 is 0.917 bits per heavy atom. The Morgan fingerprint density at radius 2 is 1.58 bits per heavy atom. The van der Waals surface area contributed by atoms with Crippen LogP contribution in [0.5, 0.6) is 0 Å². The average molecular weight is 492 g/mol. The molecule has 0 unspecified atom stereocenters. The molecule has 7 rings (SSSR count). The Hall–Kier alpha value is -3.22. The first-order valence-corrected chi connectivity index (χ1v) is 12.7. The summed E-state index contributed by atoms with van der Waals surface area (Å²) in [5, 5.41) is 2.87. The van der Waals surface area contributed by atoms with E-state index in [0.717, 1.165) is 47.6 Å². The van der Waals surface area contributed by atoms with E-state index < -0.39 is 11.6 Å². The van der Waals surface area contributed by atoms with Crippen molar-refractivity contribution < 1.29 is 18.0 Å². The first-order chi connectivity index (χ1) is 17.3. The molecule has 1 heterocycles. The fourth-order valence-electron chi connectivity index (χ4n) is 7.29. The minimum atomic E-state index is -0.980. The zero-order valence-corrected chi connectivity index (χ0v) is 19.9. The van der Waals surface area contributed by atoms with Gasteiger partial charge in [0, 0.05) is 5.56 Å². The molecule has 0 aliphatic heterocycles. The maximum Gasteiger partial charge on any atom is 0.229 e. The summed E-state index contributed by atoms with van der Waals surface area (Å²) in [6.45, 7) is 0. The summed E-state index contributed by atoms with van der Waals surface area (Å²) in [4.78, 5) is 22.3. The van der Waals surface area contributed by atoms with Crippen molar-refractivity contribution in [3.8, 4) is 11.3 Å². The quantitative estimate of drug-likeness (QED) is 0.428. The third kappa shape index (κ3) is 4.63. The molecule has 4 fully saturated rings. The normalized spacial score (nSPS) is 26.2. The van der Waals surface area contributed by atoms with Crippen LogP contribution < -0.4 is 5.32 Å². The number of carbonyl (C=O) groups is 1. The highest BCUT2D eigenvalue weighted by Crippen LogP contribution is 2.61. The minimum absolute atomic E-state index is 0.102. The van der Waals surface area contributed by atoms with Gasteiger partial charge in [-0.3, -0.25) is 4.79 Å². The molecule has 1 aromatic heterocycles. The number of rotatable bonds is 6. The van der Waals surface area contributed by atoms with E-state index in [4.69, 9.17) is 4.98 Å². The van der Waals surface area contributed by atoms with Crippen LogP contribution in [0.4, 0.5) is 19.0 Å². The molecule has 0 saturated heterocycles. The zero-order valence-electron chi connectivity index (χ0n) is 19.9. The second-order valence-electron chi connectivity index (χ2n) is 11.1. The van der Waals surface area contributed by atoms with Gasteiger partial charge in [-0.25, -0.2) is 23.1 Å². The van der Waals surface area contributed by atoms with E-state index in [9.17, 15) is 18.0 Å². The van der Waals surface area contributed by atoms with Gasteiger partial charge in [0.1, 0.15) is 5.82 Å². The van der Waals surface area contributed by atoms with Crippen molar-refractivity contribution in [3.05, 3.63) is 77.4 Å². The van der Waals surface area contributed by atoms with Crippen LogP contribution in [0.3, 0.4) is 0 Å². The lowest BCUT2D eigenvalue weighted by molar-refractivity contribution is -0.115. The Balaban J connectivity index is 1.29. The third-order valence-electron chi connectivity index (χ3n) is 8.30. The molecule has 4 bridgehead atoms. The summed E-state index contributed by atoms with van der Waals surface area (Å²) in [5.74, 6) is 0.121. The van der Waals surface area contributed by atoms with Crippen LogP contribution >= 0.6 is 0 Å². The molecule has 186 valence electrons. The number of aromatic nitrogens is 2. The highest BCUT2D eigenvalue weighted by molar-refractivity contribution is 5.92. The van der Waals surface area contributed by atoms with Crippen LogP contribution in [0.25, 0.3) is 11.3 Å². The number of nitrogens with one attached hydrogen (secondary N) is 1. The second kappa shape index (κ2) is 9.02. The molecule has 2 aromatic carbocycles. The second-order valence-corrected chi connectivity index (χ2v) is 11.1. The summed E-state index contributed by atoms with van der Waals surface area (Å²) in [7, 11) is 0. The molecule has 1 N–H and O–H groups in total. The molecule has 36 heavy (non-hydrogen) atoms. The summed E-state index contributed by atoms with van der Waals surface area (Å²) in [6, 6.07) is 9.60. The molecule has 0 radical (unpaired) electrons. The van der Waals surface area contributed by atoms with Gasteiger partial charge in [-0.2, -0.15) is 0 Å². The Bertz CT molecular complexity index is 1270. The molecule has 7 heteroatoms. The first kappa shape index (κ1) is 23.2. The van der Waals surface area contributed by atoms with Gasteiger partial charge in [-0.15, -0.1) is 0 Å². The number of anilines is 1. The van der Waals surface area contributed by atoms with E-state index in [2.05, 4.69) is 10.3 Å². The SMILES string of the molecule is O=C(Cc1ccc(F)c(F)c1)Nc1ncc(-c2ccc(F)cc2)nc1CC12CC3CC(CC(C3)C1)C2. The Morgan fingerprint density at radius 3 is 2.22 bits per heavy atom. The van der Waals surface area contributed by atoms with Gasteiger partial charge in [-0.1, -0.05) is 6.07 Å². The van der Waals surface area contributed by atoms with Gasteiger partial charge in [0.25, 0.3) is 0 Å². The summed E-state index contributed by atoms with van der Waals surface area (Å²) in [5.41, 5.74) is 2.68. The summed E-state index contributed by atoms with van der Waals surface area (Å²) >= 11 is 0. The number of nitrogens with zero attached hydrogens (tertiary/aromatic N) is 2. The Kier molecular flexibility index (Phi) is 5.81. The minimum Gasteiger partial charge on any atom is -0.309 e. The highest BCUT2D eigenvalue weighted by Gasteiger charge is 2.51. The van der Waals surface area contributed by atoms with Crippen LogP contribution in [0.15, 0.2) is 48.7 Å². The zero-order chi connectivity index (χ0) is 24.9. The molecule has 0 atom stereocenters. The predicted octanol–water partition coefficient (Wildman–Crippen LogP) is 6.50. The fraction of sp³-hybridized carbons (Fsp3) is 0.414. The van der Waals surface area contributed by atoms with Crippen molar-refractivity contribution in [2.24, 2.45) is 23.2 Å². The van der Waals surface area contributed by atoms with Gasteiger partial charge in [0.05, 0.1) is 24.0 Å². The fourth-order valence-corrected chi connectivity index (χ4v) is 7.29. The number of carbonyl (C=O) groups excluding carboxylic acids is 1. The van der Waals surface area contributed by atoms with Crippen molar-refractivity contribution >= 4 is 11.7 Å². The van der Waals surface area contributed by atoms with E-state index >= 15 is 0 Å². The van der Waals surface area contributed by atoms with Crippen LogP contribution in [-0.4, -0.2) is 15.9 Å². The van der Waals surface area contributed by atoms with Crippen LogP contribution in [-0.2, 0) is 17.6 Å². The Labute approximate surface area is 208 Å². The molecule has 4 saturated carbocycles. The molecular weight excluding hydrogens is 463 g/mol. The predicted molar refractivity (Wildman–Crippen MR) is 130 cm³/mol. The van der Waals surface area contributed by atoms with E-state index in [-0.39, 0.29) is 23.6 Å². The summed E-state index contributed by atoms with van der Waals surface area (Å²) < 4.78 is 40.4. The third-order valence-corrected chi connectivity index (χ3v) is 8.30. The molecule has 4 nitrogen and oxygen atoms in total. The lowest BCUT2D eigenvalue weighted by atomic mass is 9.48. The largest absolute Gasteiger partial charge is 0.309 e. The van der Waals surface area contributed by atoms with Crippen molar-refractivity contribution in [2.45, 2.75) is 51.4 Å². The van der Waals surface area contributed by atoms with E-state index in [1.807, 2.05) is 0 Å². The van der Waals surface area contributed by atoms with Crippen molar-refractivity contribution in [1.29, 1.82) is 0 Å². The van der Waals surface area contributed by atoms with Gasteiger partial charge in [0.15, 0.2) is 17.5 Å². The lowest BCUT2D eigenvalue weighted by Gasteiger charge is -2.57. The standard InChI is InChI=1S/C29H28F3N3O/c30-22-4-2-21(3-5-22)26-16-33-28(35-27(36)11-17-1-6-23(31)24(32)10-17)25(34-26)15-29-12-18-7-19(13-29)9-20(8-18)14-29/h1-6,10,16,18-20H,7-9,11-15H2,(H,33,35,36). The van der Waals surface area contributed by atoms with E-state index in [1.54, 1.807) is 18.3 Å². The van der Waals surface area contributed by atoms with Gasteiger partial charge in [0.2, 0.25) is 5.91 Å². The van der Waals surface area contributed by atoms with Crippen molar-refractivity contribution in [3.63, 3.8) is 0 Å². The van der Waals surface area contributed by atoms with E-state index in [1.165, 1.54) is 56.7 Å². The smallest absolute Gasteiger partial charge is 0.229 e. The monoisotopic (exact) mass is 491 g/mol. The highest BCUT2D eigenvalue weighted by atomic mass is 19.2. The van der Waals surface area contributed by atoms with Crippen LogP contribution in [0.1, 0.15) is 49.8 Å². The maximum absolute atomic E-state index is 13.6. The topological polar surface area (TPSA) is 54.9 Å². The molecule has 1 amide bonds. The first-order valence-electron chi connectivity index (χ1n) is 12.7. The van der Waals surface area contributed by atoms with E-state index in [0.29, 0.717) is 17.1 Å². The number of hydrogen-bond acceptors (Lipinski definition) is 3. The van der Waals surface area contributed by atoms with Crippen molar-refractivity contribution in [2.75, 3.05) is 5.32 Å². The number of hydrogen-bond donors (Lipinski definition) is 1.